The molecule has 8 heteroatoms. The monoisotopic (exact) mass is 455 g/mol. The van der Waals surface area contributed by atoms with Crippen molar-refractivity contribution >= 4 is 26.8 Å². The molecule has 3 N–H and O–H groups in total. The number of nitrogens with one attached hydrogen (secondary N) is 2. The lowest BCUT2D eigenvalue weighted by molar-refractivity contribution is -0.127. The van der Waals surface area contributed by atoms with Crippen molar-refractivity contribution < 1.29 is 18.3 Å². The standard InChI is InChI=1S/C24H29N3O4S/c1-27-14-13-19-15-21(11-12-23(19)27)32(30,31)26-20-9-7-18(8-10-20)24(29)25-22(16-28)17-5-3-2-4-6-17/h2-6,11-15,18,20,22,26,28H,7-10,16H2,1H3,(H,25,29)/t18-,20-,22-/m0/s1. The molecule has 0 spiro atoms. The number of hydrogen-bond acceptors (Lipinski definition) is 4. The Balaban J connectivity index is 1.34. The van der Waals surface area contributed by atoms with Crippen LogP contribution in [0.4, 0.5) is 0 Å². The third kappa shape index (κ3) is 4.87. The second-order valence-corrected chi connectivity index (χ2v) is 10.2. The molecule has 170 valence electrons. The van der Waals surface area contributed by atoms with Crippen LogP contribution in [0, 0.1) is 5.92 Å². The van der Waals surface area contributed by atoms with E-state index in [1.54, 1.807) is 12.1 Å². The maximum Gasteiger partial charge on any atom is 0.240 e. The van der Waals surface area contributed by atoms with Crippen molar-refractivity contribution in [1.29, 1.82) is 0 Å². The van der Waals surface area contributed by atoms with Gasteiger partial charge in [0.15, 0.2) is 0 Å². The van der Waals surface area contributed by atoms with Gasteiger partial charge in [-0.1, -0.05) is 30.3 Å². The van der Waals surface area contributed by atoms with Gasteiger partial charge >= 0.3 is 0 Å². The van der Waals surface area contributed by atoms with E-state index in [1.807, 2.05) is 60.3 Å². The summed E-state index contributed by atoms with van der Waals surface area (Å²) in [4.78, 5) is 13.0. The Labute approximate surface area is 188 Å². The fourth-order valence-corrected chi connectivity index (χ4v) is 5.74. The summed E-state index contributed by atoms with van der Waals surface area (Å²) in [7, 11) is -1.71. The lowest BCUT2D eigenvalue weighted by Gasteiger charge is -2.29. The van der Waals surface area contributed by atoms with E-state index < -0.39 is 16.1 Å². The number of benzene rings is 2. The zero-order chi connectivity index (χ0) is 22.7. The van der Waals surface area contributed by atoms with Crippen LogP contribution >= 0.6 is 0 Å². The molecule has 1 heterocycles. The van der Waals surface area contributed by atoms with Crippen LogP contribution in [0.2, 0.25) is 0 Å². The fourth-order valence-electron chi connectivity index (χ4n) is 4.40. The number of carbonyl (C=O) groups excluding carboxylic acids is 1. The minimum atomic E-state index is -3.63. The molecule has 1 atom stereocenters. The predicted molar refractivity (Wildman–Crippen MR) is 123 cm³/mol. The highest BCUT2D eigenvalue weighted by Crippen LogP contribution is 2.27. The Hall–Kier alpha value is -2.68. The molecular formula is C24H29N3O4S. The first-order chi connectivity index (χ1) is 15.4. The Kier molecular flexibility index (Phi) is 6.64. The first kappa shape index (κ1) is 22.5. The predicted octanol–water partition coefficient (Wildman–Crippen LogP) is 2.87. The molecule has 0 radical (unpaired) electrons. The molecule has 0 saturated heterocycles. The van der Waals surface area contributed by atoms with Gasteiger partial charge in [0, 0.05) is 36.1 Å². The maximum absolute atomic E-state index is 12.9. The largest absolute Gasteiger partial charge is 0.394 e. The molecule has 32 heavy (non-hydrogen) atoms. The van der Waals surface area contributed by atoms with Crippen molar-refractivity contribution in [2.45, 2.75) is 42.7 Å². The number of nitrogens with zero attached hydrogens (tertiary/aromatic N) is 1. The molecule has 1 aliphatic rings. The number of aryl methyl sites for hydroxylation is 1. The van der Waals surface area contributed by atoms with Gasteiger partial charge < -0.3 is 15.0 Å². The molecule has 0 aliphatic heterocycles. The van der Waals surface area contributed by atoms with Crippen LogP contribution in [0.5, 0.6) is 0 Å². The summed E-state index contributed by atoms with van der Waals surface area (Å²) in [6.07, 6.45) is 4.30. The summed E-state index contributed by atoms with van der Waals surface area (Å²) in [6.45, 7) is -0.170. The molecule has 4 rings (SSSR count). The van der Waals surface area contributed by atoms with Crippen molar-refractivity contribution in [3.05, 3.63) is 66.4 Å². The molecule has 1 fully saturated rings. The van der Waals surface area contributed by atoms with Gasteiger partial charge in [0.1, 0.15) is 0 Å². The third-order valence-electron chi connectivity index (χ3n) is 6.29. The topological polar surface area (TPSA) is 100 Å². The van der Waals surface area contributed by atoms with Crippen molar-refractivity contribution in [2.24, 2.45) is 13.0 Å². The van der Waals surface area contributed by atoms with Crippen LogP contribution in [0.15, 0.2) is 65.7 Å². The molecule has 1 saturated carbocycles. The number of aliphatic hydroxyl groups is 1. The fraction of sp³-hybridized carbons (Fsp3) is 0.375. The lowest BCUT2D eigenvalue weighted by atomic mass is 9.85. The van der Waals surface area contributed by atoms with E-state index in [9.17, 15) is 18.3 Å². The van der Waals surface area contributed by atoms with E-state index in [0.29, 0.717) is 25.7 Å². The van der Waals surface area contributed by atoms with E-state index in [-0.39, 0.29) is 29.4 Å². The number of aromatic nitrogens is 1. The van der Waals surface area contributed by atoms with E-state index in [1.165, 1.54) is 0 Å². The normalized spacial score (nSPS) is 20.2. The van der Waals surface area contributed by atoms with Gasteiger partial charge in [0.25, 0.3) is 0 Å². The Morgan fingerprint density at radius 3 is 2.50 bits per heavy atom. The molecule has 7 nitrogen and oxygen atoms in total. The SMILES string of the molecule is Cn1ccc2cc(S(=O)(=O)N[C@H]3CC[C@H](C(=O)N[C@@H](CO)c4ccccc4)CC3)ccc21. The Morgan fingerprint density at radius 2 is 1.81 bits per heavy atom. The smallest absolute Gasteiger partial charge is 0.240 e. The molecule has 1 aliphatic carbocycles. The lowest BCUT2D eigenvalue weighted by Crippen LogP contribution is -2.42. The number of sulfonamides is 1. The second-order valence-electron chi connectivity index (χ2n) is 8.47. The first-order valence-corrected chi connectivity index (χ1v) is 12.4. The quantitative estimate of drug-likeness (QED) is 0.510. The third-order valence-corrected chi connectivity index (χ3v) is 7.81. The molecule has 0 unspecified atom stereocenters. The molecule has 2 aromatic carbocycles. The van der Waals surface area contributed by atoms with Crippen LogP contribution in [0.25, 0.3) is 10.9 Å². The summed E-state index contributed by atoms with van der Waals surface area (Å²) >= 11 is 0. The van der Waals surface area contributed by atoms with E-state index in [0.717, 1.165) is 16.5 Å². The summed E-state index contributed by atoms with van der Waals surface area (Å²) in [5.41, 5.74) is 1.84. The first-order valence-electron chi connectivity index (χ1n) is 10.9. The highest BCUT2D eigenvalue weighted by Gasteiger charge is 2.30. The van der Waals surface area contributed by atoms with Crippen molar-refractivity contribution in [2.75, 3.05) is 6.61 Å². The minimum absolute atomic E-state index is 0.0938. The average Bonchev–Trinajstić information content (AvgIpc) is 3.18. The van der Waals surface area contributed by atoms with Gasteiger partial charge in [0.05, 0.1) is 17.5 Å². The van der Waals surface area contributed by atoms with Gasteiger partial charge in [0.2, 0.25) is 15.9 Å². The Morgan fingerprint density at radius 1 is 1.09 bits per heavy atom. The average molecular weight is 456 g/mol. The molecule has 0 bridgehead atoms. The number of fused-ring (bicyclic) bond motifs is 1. The molecular weight excluding hydrogens is 426 g/mol. The number of amides is 1. The van der Waals surface area contributed by atoms with Crippen LogP contribution in [0.1, 0.15) is 37.3 Å². The van der Waals surface area contributed by atoms with E-state index >= 15 is 0 Å². The van der Waals surface area contributed by atoms with Crippen molar-refractivity contribution in [3.63, 3.8) is 0 Å². The number of hydrogen-bond donors (Lipinski definition) is 3. The number of rotatable bonds is 7. The number of aliphatic hydroxyl groups excluding tert-OH is 1. The van der Waals surface area contributed by atoms with Crippen LogP contribution in [0.3, 0.4) is 0 Å². The number of carbonyl (C=O) groups is 1. The highest BCUT2D eigenvalue weighted by atomic mass is 32.2. The van der Waals surface area contributed by atoms with Crippen molar-refractivity contribution in [3.8, 4) is 0 Å². The molecule has 1 aromatic heterocycles. The summed E-state index contributed by atoms with van der Waals surface area (Å²) in [5.74, 6) is -0.280. The Bertz CT molecular complexity index is 1180. The van der Waals surface area contributed by atoms with Gasteiger partial charge in [-0.25, -0.2) is 13.1 Å². The zero-order valence-electron chi connectivity index (χ0n) is 18.1. The molecule has 3 aromatic rings. The van der Waals surface area contributed by atoms with Gasteiger partial charge in [-0.15, -0.1) is 0 Å². The van der Waals surface area contributed by atoms with Crippen LogP contribution in [-0.4, -0.2) is 36.6 Å². The van der Waals surface area contributed by atoms with E-state index in [4.69, 9.17) is 0 Å². The second kappa shape index (κ2) is 9.44. The minimum Gasteiger partial charge on any atom is -0.394 e. The van der Waals surface area contributed by atoms with Gasteiger partial charge in [-0.3, -0.25) is 4.79 Å². The van der Waals surface area contributed by atoms with Gasteiger partial charge in [-0.05, 0) is 55.5 Å². The summed E-state index contributed by atoms with van der Waals surface area (Å²) in [6, 6.07) is 15.8. The van der Waals surface area contributed by atoms with Gasteiger partial charge in [-0.2, -0.15) is 0 Å². The van der Waals surface area contributed by atoms with E-state index in [2.05, 4.69) is 10.0 Å². The molecule has 1 amide bonds. The van der Waals surface area contributed by atoms with Crippen LogP contribution in [-0.2, 0) is 21.9 Å². The summed E-state index contributed by atoms with van der Waals surface area (Å²) in [5, 5.41) is 13.5. The van der Waals surface area contributed by atoms with Crippen molar-refractivity contribution in [1.82, 2.24) is 14.6 Å². The van der Waals surface area contributed by atoms with Crippen LogP contribution < -0.4 is 10.0 Å². The summed E-state index contributed by atoms with van der Waals surface area (Å²) < 4.78 is 30.5. The zero-order valence-corrected chi connectivity index (χ0v) is 18.9. The highest BCUT2D eigenvalue weighted by molar-refractivity contribution is 7.89. The maximum atomic E-state index is 12.9.